The number of amides is 1. The maximum atomic E-state index is 12.3. The Morgan fingerprint density at radius 2 is 2.00 bits per heavy atom. The Labute approximate surface area is 143 Å². The molecule has 2 N–H and O–H groups in total. The van der Waals surface area contributed by atoms with Crippen LogP contribution in [-0.2, 0) is 4.79 Å². The molecule has 1 amide bonds. The van der Waals surface area contributed by atoms with E-state index in [4.69, 9.17) is 5.73 Å². The lowest BCUT2D eigenvalue weighted by atomic mass is 10.0. The van der Waals surface area contributed by atoms with Crippen molar-refractivity contribution in [1.29, 1.82) is 0 Å². The molecular weight excluding hydrogens is 314 g/mol. The van der Waals surface area contributed by atoms with E-state index >= 15 is 0 Å². The highest BCUT2D eigenvalue weighted by Gasteiger charge is 2.22. The van der Waals surface area contributed by atoms with Gasteiger partial charge in [0.25, 0.3) is 0 Å². The highest BCUT2D eigenvalue weighted by atomic mass is 35.5. The minimum absolute atomic E-state index is 0. The Morgan fingerprint density at radius 1 is 1.35 bits per heavy atom. The number of likely N-dealkylation sites (N-methyl/N-ethyl adjacent to an activating group) is 1. The van der Waals surface area contributed by atoms with E-state index in [0.29, 0.717) is 6.42 Å². The van der Waals surface area contributed by atoms with Gasteiger partial charge in [-0.25, -0.2) is 9.67 Å². The molecule has 126 valence electrons. The lowest BCUT2D eigenvalue weighted by Gasteiger charge is -2.28. The summed E-state index contributed by atoms with van der Waals surface area (Å²) in [6.45, 7) is 4.03. The Bertz CT molecular complexity index is 599. The molecule has 1 heterocycles. The fourth-order valence-corrected chi connectivity index (χ4v) is 2.36. The topological polar surface area (TPSA) is 77.0 Å². The Balaban J connectivity index is 0.00000264. The average molecular weight is 338 g/mol. The molecule has 7 heteroatoms. The predicted molar refractivity (Wildman–Crippen MR) is 92.7 cm³/mol. The first-order valence-corrected chi connectivity index (χ1v) is 7.51. The van der Waals surface area contributed by atoms with Crippen LogP contribution in [-0.4, -0.2) is 38.7 Å². The van der Waals surface area contributed by atoms with Crippen molar-refractivity contribution in [1.82, 2.24) is 19.7 Å². The van der Waals surface area contributed by atoms with Gasteiger partial charge in [0.1, 0.15) is 12.7 Å². The van der Waals surface area contributed by atoms with Gasteiger partial charge in [0.2, 0.25) is 5.91 Å². The number of hydrogen-bond donors (Lipinski definition) is 1. The lowest BCUT2D eigenvalue weighted by Crippen LogP contribution is -2.42. The van der Waals surface area contributed by atoms with Gasteiger partial charge in [-0.2, -0.15) is 5.10 Å². The second kappa shape index (κ2) is 8.64. The zero-order valence-corrected chi connectivity index (χ0v) is 14.5. The molecule has 0 aliphatic carbocycles. The van der Waals surface area contributed by atoms with E-state index < -0.39 is 6.04 Å². The molecule has 2 atom stereocenters. The highest BCUT2D eigenvalue weighted by molar-refractivity contribution is 5.85. The van der Waals surface area contributed by atoms with Gasteiger partial charge in [0.05, 0.1) is 17.8 Å². The van der Waals surface area contributed by atoms with Crippen LogP contribution in [0.4, 0.5) is 0 Å². The number of hydrogen-bond acceptors (Lipinski definition) is 4. The second-order valence-corrected chi connectivity index (χ2v) is 5.45. The van der Waals surface area contributed by atoms with Crippen LogP contribution >= 0.6 is 12.4 Å². The number of halogens is 1. The van der Waals surface area contributed by atoms with E-state index in [-0.39, 0.29) is 24.4 Å². The fraction of sp³-hybridized carbons (Fsp3) is 0.438. The highest BCUT2D eigenvalue weighted by Crippen LogP contribution is 2.21. The average Bonchev–Trinajstić information content (AvgIpc) is 3.07. The molecule has 0 bridgehead atoms. The smallest absolute Gasteiger partial charge is 0.239 e. The molecule has 0 spiro atoms. The summed E-state index contributed by atoms with van der Waals surface area (Å²) in [5.41, 5.74) is 7.92. The summed E-state index contributed by atoms with van der Waals surface area (Å²) in [6.07, 6.45) is 4.76. The van der Waals surface area contributed by atoms with E-state index in [0.717, 1.165) is 17.7 Å². The summed E-state index contributed by atoms with van der Waals surface area (Å²) < 4.78 is 1.69. The van der Waals surface area contributed by atoms with Crippen LogP contribution in [0.1, 0.15) is 38.3 Å². The van der Waals surface area contributed by atoms with E-state index in [1.807, 2.05) is 38.1 Å². The Kier molecular flexibility index (Phi) is 7.19. The molecular formula is C16H24ClN5O. The third-order valence-electron chi connectivity index (χ3n) is 3.90. The molecule has 0 saturated heterocycles. The zero-order chi connectivity index (χ0) is 16.1. The summed E-state index contributed by atoms with van der Waals surface area (Å²) in [6, 6.07) is 7.47. The number of nitrogens with zero attached hydrogens (tertiary/aromatic N) is 4. The number of carbonyl (C=O) groups is 1. The van der Waals surface area contributed by atoms with Gasteiger partial charge >= 0.3 is 0 Å². The van der Waals surface area contributed by atoms with Gasteiger partial charge in [0, 0.05) is 7.05 Å². The Hall–Kier alpha value is -1.92. The second-order valence-electron chi connectivity index (χ2n) is 5.45. The molecule has 6 nitrogen and oxygen atoms in total. The molecule has 2 aromatic rings. The quantitative estimate of drug-likeness (QED) is 0.877. The van der Waals surface area contributed by atoms with Crippen LogP contribution in [0, 0.1) is 0 Å². The van der Waals surface area contributed by atoms with Crippen molar-refractivity contribution in [3.63, 3.8) is 0 Å². The monoisotopic (exact) mass is 337 g/mol. The van der Waals surface area contributed by atoms with E-state index in [1.165, 1.54) is 6.33 Å². The van der Waals surface area contributed by atoms with Crippen molar-refractivity contribution >= 4 is 18.3 Å². The summed E-state index contributed by atoms with van der Waals surface area (Å²) in [4.78, 5) is 17.9. The third-order valence-corrected chi connectivity index (χ3v) is 3.90. The van der Waals surface area contributed by atoms with E-state index in [1.54, 1.807) is 23.0 Å². The van der Waals surface area contributed by atoms with E-state index in [2.05, 4.69) is 10.1 Å². The molecule has 0 aliphatic rings. The molecule has 1 aromatic carbocycles. The molecule has 1 aromatic heterocycles. The van der Waals surface area contributed by atoms with Crippen LogP contribution < -0.4 is 5.73 Å². The zero-order valence-electron chi connectivity index (χ0n) is 13.7. The number of rotatable bonds is 6. The molecule has 2 unspecified atom stereocenters. The molecule has 0 fully saturated rings. The summed E-state index contributed by atoms with van der Waals surface area (Å²) in [5.74, 6) is -0.0188. The van der Waals surface area contributed by atoms with Gasteiger partial charge < -0.3 is 10.6 Å². The summed E-state index contributed by atoms with van der Waals surface area (Å²) >= 11 is 0. The maximum absolute atomic E-state index is 12.3. The van der Waals surface area contributed by atoms with Gasteiger partial charge in [-0.3, -0.25) is 4.79 Å². The molecule has 0 radical (unpaired) electrons. The maximum Gasteiger partial charge on any atom is 0.239 e. The van der Waals surface area contributed by atoms with Crippen molar-refractivity contribution in [3.8, 4) is 5.69 Å². The standard InChI is InChI=1S/C16H23N5O.ClH/c1-4-5-15(17)16(22)20(3)12(2)13-6-8-14(9-7-13)21-11-18-10-19-21;/h6-12,15H,4-5,17H2,1-3H3;1H. The van der Waals surface area contributed by atoms with Crippen molar-refractivity contribution in [2.45, 2.75) is 38.8 Å². The minimum Gasteiger partial charge on any atom is -0.338 e. The first-order valence-electron chi connectivity index (χ1n) is 7.51. The minimum atomic E-state index is -0.424. The van der Waals surface area contributed by atoms with Gasteiger partial charge in [-0.1, -0.05) is 25.5 Å². The predicted octanol–water partition coefficient (Wildman–Crippen LogP) is 2.34. The largest absolute Gasteiger partial charge is 0.338 e. The third kappa shape index (κ3) is 4.53. The Morgan fingerprint density at radius 3 is 2.52 bits per heavy atom. The molecule has 0 saturated carbocycles. The first kappa shape index (κ1) is 19.1. The van der Waals surface area contributed by atoms with Crippen molar-refractivity contribution in [2.24, 2.45) is 5.73 Å². The van der Waals surface area contributed by atoms with E-state index in [9.17, 15) is 4.79 Å². The molecule has 0 aliphatic heterocycles. The first-order chi connectivity index (χ1) is 10.5. The molecule has 2 rings (SSSR count). The van der Waals surface area contributed by atoms with Crippen molar-refractivity contribution in [2.75, 3.05) is 7.05 Å². The summed E-state index contributed by atoms with van der Waals surface area (Å²) in [7, 11) is 1.80. The van der Waals surface area contributed by atoms with Gasteiger partial charge in [-0.15, -0.1) is 12.4 Å². The molecule has 23 heavy (non-hydrogen) atoms. The number of nitrogens with two attached hydrogens (primary N) is 1. The normalized spacial score (nSPS) is 13.0. The van der Waals surface area contributed by atoms with Gasteiger partial charge in [-0.05, 0) is 31.0 Å². The van der Waals surface area contributed by atoms with Crippen molar-refractivity contribution in [3.05, 3.63) is 42.5 Å². The van der Waals surface area contributed by atoms with Crippen LogP contribution in [0.5, 0.6) is 0 Å². The van der Waals surface area contributed by atoms with Crippen LogP contribution in [0.25, 0.3) is 5.69 Å². The number of aromatic nitrogens is 3. The summed E-state index contributed by atoms with van der Waals surface area (Å²) in [5, 5.41) is 4.09. The van der Waals surface area contributed by atoms with Gasteiger partial charge in [0.15, 0.2) is 0 Å². The number of benzene rings is 1. The SMILES string of the molecule is CCCC(N)C(=O)N(C)C(C)c1ccc(-n2cncn2)cc1.Cl. The fourth-order valence-electron chi connectivity index (χ4n) is 2.36. The van der Waals surface area contributed by atoms with Crippen LogP contribution in [0.15, 0.2) is 36.9 Å². The number of carbonyl (C=O) groups excluding carboxylic acids is 1. The van der Waals surface area contributed by atoms with Crippen LogP contribution in [0.3, 0.4) is 0 Å². The van der Waals surface area contributed by atoms with Crippen LogP contribution in [0.2, 0.25) is 0 Å². The van der Waals surface area contributed by atoms with Crippen molar-refractivity contribution < 1.29 is 4.79 Å². The lowest BCUT2D eigenvalue weighted by molar-refractivity contribution is -0.133.